The van der Waals surface area contributed by atoms with Gasteiger partial charge in [0.25, 0.3) is 0 Å². The zero-order valence-corrected chi connectivity index (χ0v) is 17.4. The predicted octanol–water partition coefficient (Wildman–Crippen LogP) is 3.97. The van der Waals surface area contributed by atoms with Crippen molar-refractivity contribution in [3.05, 3.63) is 0 Å². The Morgan fingerprint density at radius 2 is 1.56 bits per heavy atom. The highest BCUT2D eigenvalue weighted by atomic mass is 32.2. The van der Waals surface area contributed by atoms with E-state index in [-0.39, 0.29) is 28.5 Å². The van der Waals surface area contributed by atoms with E-state index >= 15 is 0 Å². The third-order valence-corrected chi connectivity index (χ3v) is 4.25. The number of carbonyl (C=O) groups excluding carboxylic acids is 3. The summed E-state index contributed by atoms with van der Waals surface area (Å²) < 4.78 is 9.39. The lowest BCUT2D eigenvalue weighted by molar-refractivity contribution is -0.115. The second kappa shape index (κ2) is 9.89. The average Bonchev–Trinajstić information content (AvgIpc) is 2.41. The van der Waals surface area contributed by atoms with Gasteiger partial charge in [0.15, 0.2) is 0 Å². The number of hydrogen-bond donors (Lipinski definition) is 1. The fourth-order valence-electron chi connectivity index (χ4n) is 2.53. The SMILES string of the molecule is CCOC(=O)NN(C(=O)OCC)[C@@H](C)C(=O)SC(C)(C)CC(C)(C)C. The molecule has 0 aromatic heterocycles. The Hall–Kier alpha value is -1.44. The van der Waals surface area contributed by atoms with E-state index in [4.69, 9.17) is 9.47 Å². The Morgan fingerprint density at radius 3 is 2.00 bits per heavy atom. The summed E-state index contributed by atoms with van der Waals surface area (Å²) >= 11 is 1.16. The quantitative estimate of drug-likeness (QED) is 0.706. The van der Waals surface area contributed by atoms with Crippen LogP contribution in [0.15, 0.2) is 0 Å². The predicted molar refractivity (Wildman–Crippen MR) is 99.2 cm³/mol. The molecule has 0 rings (SSSR count). The Kier molecular flexibility index (Phi) is 9.32. The number of carbonyl (C=O) groups is 3. The topological polar surface area (TPSA) is 84.9 Å². The van der Waals surface area contributed by atoms with Crippen molar-refractivity contribution in [1.82, 2.24) is 10.4 Å². The first kappa shape index (κ1) is 23.6. The molecule has 1 atom stereocenters. The average molecular weight is 377 g/mol. The number of rotatable bonds is 6. The van der Waals surface area contributed by atoms with E-state index in [0.29, 0.717) is 0 Å². The maximum atomic E-state index is 12.7. The molecule has 0 bridgehead atoms. The van der Waals surface area contributed by atoms with Gasteiger partial charge >= 0.3 is 12.2 Å². The second-order valence-electron chi connectivity index (χ2n) is 7.50. The van der Waals surface area contributed by atoms with Gasteiger partial charge in [0.05, 0.1) is 13.2 Å². The normalized spacial score (nSPS) is 13.0. The molecule has 0 aromatic rings. The summed E-state index contributed by atoms with van der Waals surface area (Å²) in [6, 6.07) is -0.896. The number of hydrogen-bond acceptors (Lipinski definition) is 6. The van der Waals surface area contributed by atoms with Crippen LogP contribution in [0, 0.1) is 5.41 Å². The first-order chi connectivity index (χ1) is 11.3. The van der Waals surface area contributed by atoms with Crippen LogP contribution in [0.1, 0.15) is 61.8 Å². The summed E-state index contributed by atoms with van der Waals surface area (Å²) in [5.74, 6) is 0. The van der Waals surface area contributed by atoms with E-state index in [1.54, 1.807) is 20.8 Å². The number of thioether (sulfide) groups is 1. The van der Waals surface area contributed by atoms with Crippen LogP contribution < -0.4 is 5.43 Å². The lowest BCUT2D eigenvalue weighted by Gasteiger charge is -2.33. The molecule has 0 unspecified atom stereocenters. The standard InChI is InChI=1S/C17H32N2O5S/c1-9-23-14(21)18-19(15(22)24-10-2)12(3)13(20)25-17(7,8)11-16(4,5)6/h12H,9-11H2,1-8H3,(H,18,21)/t12-/m0/s1. The van der Waals surface area contributed by atoms with Crippen LogP contribution in [0.3, 0.4) is 0 Å². The molecule has 8 heteroatoms. The summed E-state index contributed by atoms with van der Waals surface area (Å²) in [7, 11) is 0. The zero-order valence-electron chi connectivity index (χ0n) is 16.6. The summed E-state index contributed by atoms with van der Waals surface area (Å²) in [6.07, 6.45) is -0.798. The lowest BCUT2D eigenvalue weighted by Crippen LogP contribution is -2.54. The van der Waals surface area contributed by atoms with Crippen molar-refractivity contribution < 1.29 is 23.9 Å². The van der Waals surface area contributed by atoms with E-state index in [0.717, 1.165) is 23.2 Å². The first-order valence-electron chi connectivity index (χ1n) is 8.45. The van der Waals surface area contributed by atoms with E-state index in [2.05, 4.69) is 26.2 Å². The highest BCUT2D eigenvalue weighted by molar-refractivity contribution is 8.14. The van der Waals surface area contributed by atoms with Crippen molar-refractivity contribution in [2.75, 3.05) is 13.2 Å². The van der Waals surface area contributed by atoms with Crippen molar-refractivity contribution in [1.29, 1.82) is 0 Å². The van der Waals surface area contributed by atoms with Crippen LogP contribution in [0.25, 0.3) is 0 Å². The molecule has 0 heterocycles. The highest BCUT2D eigenvalue weighted by Gasteiger charge is 2.35. The number of ether oxygens (including phenoxy) is 2. The summed E-state index contributed by atoms with van der Waals surface area (Å²) in [4.78, 5) is 36.4. The first-order valence-corrected chi connectivity index (χ1v) is 9.27. The third-order valence-electron chi connectivity index (χ3n) is 3.01. The van der Waals surface area contributed by atoms with Crippen LogP contribution in [0.4, 0.5) is 9.59 Å². The van der Waals surface area contributed by atoms with Gasteiger partial charge in [-0.15, -0.1) is 0 Å². The van der Waals surface area contributed by atoms with Crippen LogP contribution in [0.2, 0.25) is 0 Å². The number of nitrogens with zero attached hydrogens (tertiary/aromatic N) is 1. The van der Waals surface area contributed by atoms with Crippen LogP contribution in [-0.4, -0.2) is 46.3 Å². The molecule has 0 saturated carbocycles. The molecule has 0 radical (unpaired) electrons. The molecule has 7 nitrogen and oxygen atoms in total. The van der Waals surface area contributed by atoms with Gasteiger partial charge in [-0.25, -0.2) is 20.0 Å². The molecule has 1 N–H and O–H groups in total. The maximum absolute atomic E-state index is 12.7. The smallest absolute Gasteiger partial charge is 0.429 e. The number of hydrazine groups is 1. The molecule has 25 heavy (non-hydrogen) atoms. The Balaban J connectivity index is 5.14. The largest absolute Gasteiger partial charge is 0.449 e. The third kappa shape index (κ3) is 9.57. The minimum absolute atomic E-state index is 0.0596. The fourth-order valence-corrected chi connectivity index (χ4v) is 3.86. The number of amides is 2. The van der Waals surface area contributed by atoms with Crippen molar-refractivity contribution >= 4 is 29.1 Å². The molecule has 0 fully saturated rings. The summed E-state index contributed by atoms with van der Waals surface area (Å²) in [6.45, 7) is 15.4. The molecule has 0 spiro atoms. The van der Waals surface area contributed by atoms with Crippen LogP contribution in [0.5, 0.6) is 0 Å². The molecular formula is C17H32N2O5S. The molecule has 0 aliphatic carbocycles. The minimum atomic E-state index is -0.896. The molecular weight excluding hydrogens is 344 g/mol. The van der Waals surface area contributed by atoms with Gasteiger partial charge in [-0.05, 0) is 32.6 Å². The van der Waals surface area contributed by atoms with Crippen molar-refractivity contribution in [3.63, 3.8) is 0 Å². The fraction of sp³-hybridized carbons (Fsp3) is 0.824. The zero-order chi connectivity index (χ0) is 19.8. The van der Waals surface area contributed by atoms with Gasteiger partial charge in [-0.2, -0.15) is 0 Å². The monoisotopic (exact) mass is 376 g/mol. The molecule has 0 aliphatic heterocycles. The molecule has 146 valence electrons. The Labute approximate surface area is 155 Å². The maximum Gasteiger partial charge on any atom is 0.429 e. The second-order valence-corrected chi connectivity index (χ2v) is 9.21. The van der Waals surface area contributed by atoms with Gasteiger partial charge in [-0.1, -0.05) is 46.4 Å². The van der Waals surface area contributed by atoms with E-state index in [9.17, 15) is 14.4 Å². The lowest BCUT2D eigenvalue weighted by atomic mass is 9.86. The van der Waals surface area contributed by atoms with Gasteiger partial charge < -0.3 is 9.47 Å². The van der Waals surface area contributed by atoms with Gasteiger partial charge in [0, 0.05) is 4.75 Å². The van der Waals surface area contributed by atoms with E-state index in [1.165, 1.54) is 0 Å². The highest BCUT2D eigenvalue weighted by Crippen LogP contribution is 2.37. The number of nitrogens with one attached hydrogen (secondary N) is 1. The Morgan fingerprint density at radius 1 is 1.04 bits per heavy atom. The Bertz CT molecular complexity index is 474. The summed E-state index contributed by atoms with van der Waals surface area (Å²) in [5, 5.41) is 0.642. The van der Waals surface area contributed by atoms with Gasteiger partial charge in [-0.3, -0.25) is 4.79 Å². The molecule has 0 aliphatic rings. The van der Waals surface area contributed by atoms with Crippen molar-refractivity contribution in [2.45, 2.75) is 72.6 Å². The summed E-state index contributed by atoms with van der Waals surface area (Å²) in [5.41, 5.74) is 2.34. The van der Waals surface area contributed by atoms with Crippen molar-refractivity contribution in [2.24, 2.45) is 5.41 Å². The van der Waals surface area contributed by atoms with Gasteiger partial charge in [0.2, 0.25) is 5.12 Å². The van der Waals surface area contributed by atoms with Crippen LogP contribution in [-0.2, 0) is 14.3 Å². The van der Waals surface area contributed by atoms with Crippen LogP contribution >= 0.6 is 11.8 Å². The molecule has 0 aromatic carbocycles. The van der Waals surface area contributed by atoms with E-state index in [1.807, 2.05) is 13.8 Å². The van der Waals surface area contributed by atoms with E-state index < -0.39 is 18.2 Å². The van der Waals surface area contributed by atoms with Crippen molar-refractivity contribution in [3.8, 4) is 0 Å². The molecule has 2 amide bonds. The minimum Gasteiger partial charge on any atom is -0.449 e. The van der Waals surface area contributed by atoms with Gasteiger partial charge in [0.1, 0.15) is 6.04 Å². The molecule has 0 saturated heterocycles.